The zero-order chi connectivity index (χ0) is 22.9. The van der Waals surface area contributed by atoms with E-state index in [1.54, 1.807) is 24.3 Å². The predicted molar refractivity (Wildman–Crippen MR) is 106 cm³/mol. The zero-order valence-corrected chi connectivity index (χ0v) is 16.5. The number of aliphatic hydroxyl groups is 1. The van der Waals surface area contributed by atoms with Gasteiger partial charge in [0.2, 0.25) is 5.82 Å². The lowest BCUT2D eigenvalue weighted by atomic mass is 10.1. The van der Waals surface area contributed by atoms with E-state index in [0.29, 0.717) is 11.0 Å². The van der Waals surface area contributed by atoms with Crippen LogP contribution in [0.2, 0.25) is 0 Å². The monoisotopic (exact) mass is 444 g/mol. The largest absolute Gasteiger partial charge is 0.509 e. The van der Waals surface area contributed by atoms with E-state index in [1.165, 1.54) is 12.1 Å². The van der Waals surface area contributed by atoms with Crippen LogP contribution in [-0.2, 0) is 22.3 Å². The predicted octanol–water partition coefficient (Wildman–Crippen LogP) is 3.38. The number of carbonyl (C=O) groups excluding carboxylic acids is 1. The van der Waals surface area contributed by atoms with Gasteiger partial charge < -0.3 is 14.8 Å². The number of fused-ring (bicyclic) bond motifs is 1. The van der Waals surface area contributed by atoms with Crippen LogP contribution in [0, 0.1) is 0 Å². The number of rotatable bonds is 5. The summed E-state index contributed by atoms with van der Waals surface area (Å²) in [4.78, 5) is 20.5. The van der Waals surface area contributed by atoms with Gasteiger partial charge in [-0.1, -0.05) is 24.3 Å². The highest BCUT2D eigenvalue weighted by Gasteiger charge is 2.31. The van der Waals surface area contributed by atoms with Crippen LogP contribution in [0.4, 0.5) is 13.2 Å². The number of nitrogens with zero attached hydrogens (tertiary/aromatic N) is 5. The second-order valence-corrected chi connectivity index (χ2v) is 6.64. The molecule has 0 radical (unpaired) electrons. The molecule has 32 heavy (non-hydrogen) atoms. The van der Waals surface area contributed by atoms with Crippen molar-refractivity contribution in [1.82, 2.24) is 30.2 Å². The first-order chi connectivity index (χ1) is 15.3. The third kappa shape index (κ3) is 4.15. The van der Waals surface area contributed by atoms with Gasteiger partial charge in [-0.15, -0.1) is 10.2 Å². The van der Waals surface area contributed by atoms with E-state index in [1.807, 2.05) is 0 Å². The molecule has 0 saturated carbocycles. The first-order valence-corrected chi connectivity index (χ1v) is 9.17. The third-order valence-corrected chi connectivity index (χ3v) is 4.50. The first kappa shape index (κ1) is 21.0. The van der Waals surface area contributed by atoms with Gasteiger partial charge in [0.15, 0.2) is 0 Å². The van der Waals surface area contributed by atoms with Crippen LogP contribution in [0.25, 0.3) is 28.0 Å². The molecule has 12 heteroatoms. The van der Waals surface area contributed by atoms with Crippen LogP contribution in [0.5, 0.6) is 0 Å². The minimum Gasteiger partial charge on any atom is -0.509 e. The molecule has 164 valence electrons. The summed E-state index contributed by atoms with van der Waals surface area (Å²) < 4.78 is 43.6. The van der Waals surface area contributed by atoms with Crippen molar-refractivity contribution in [3.05, 3.63) is 65.7 Å². The van der Waals surface area contributed by atoms with Crippen LogP contribution in [0.1, 0.15) is 11.4 Å². The summed E-state index contributed by atoms with van der Waals surface area (Å²) in [5, 5.41) is 22.1. The molecule has 0 bridgehead atoms. The normalized spacial score (nSPS) is 12.6. The van der Waals surface area contributed by atoms with E-state index in [0.717, 1.165) is 24.0 Å². The average molecular weight is 444 g/mol. The minimum absolute atomic E-state index is 0.0766. The van der Waals surface area contributed by atoms with Crippen molar-refractivity contribution in [3.8, 4) is 11.4 Å². The Bertz CT molecular complexity index is 1290. The number of methoxy groups -OCH3 is 1. The van der Waals surface area contributed by atoms with Crippen LogP contribution in [-0.4, -0.2) is 48.4 Å². The van der Waals surface area contributed by atoms with Gasteiger partial charge in [-0.05, 0) is 29.5 Å². The molecule has 4 rings (SSSR count). The SMILES string of the molecule is COC(=O)/C(=C(/O)Cn1nnc(-c2cccc(C(F)(F)F)c2)n1)c1nc2ccccc2[nH]1. The number of ether oxygens (including phenoxy) is 1. The maximum atomic E-state index is 12.9. The number of allylic oxidation sites excluding steroid dienone is 1. The molecule has 0 atom stereocenters. The van der Waals surface area contributed by atoms with E-state index in [2.05, 4.69) is 25.4 Å². The van der Waals surface area contributed by atoms with Crippen molar-refractivity contribution in [2.24, 2.45) is 0 Å². The Morgan fingerprint density at radius 1 is 1.19 bits per heavy atom. The second-order valence-electron chi connectivity index (χ2n) is 6.64. The molecule has 0 aliphatic heterocycles. The number of tetrazole rings is 1. The molecule has 0 amide bonds. The van der Waals surface area contributed by atoms with Gasteiger partial charge in [0, 0.05) is 5.56 Å². The lowest BCUT2D eigenvalue weighted by Crippen LogP contribution is -2.13. The van der Waals surface area contributed by atoms with Crippen molar-refractivity contribution >= 4 is 22.6 Å². The number of para-hydroxylation sites is 2. The summed E-state index contributed by atoms with van der Waals surface area (Å²) in [5.74, 6) is -1.32. The molecule has 2 heterocycles. The fourth-order valence-corrected chi connectivity index (χ4v) is 3.00. The number of H-pyrrole nitrogens is 1. The molecule has 0 aliphatic rings. The number of alkyl halides is 3. The lowest BCUT2D eigenvalue weighted by molar-refractivity contribution is -0.137. The van der Waals surface area contributed by atoms with Gasteiger partial charge in [0.05, 0.1) is 23.7 Å². The first-order valence-electron chi connectivity index (χ1n) is 9.17. The molecule has 9 nitrogen and oxygen atoms in total. The Kier molecular flexibility index (Phi) is 5.34. The quantitative estimate of drug-likeness (QED) is 0.275. The molecule has 0 saturated heterocycles. The highest BCUT2D eigenvalue weighted by Crippen LogP contribution is 2.31. The Morgan fingerprint density at radius 3 is 2.69 bits per heavy atom. The number of halogens is 3. The van der Waals surface area contributed by atoms with Crippen LogP contribution >= 0.6 is 0 Å². The summed E-state index contributed by atoms with van der Waals surface area (Å²) in [6.07, 6.45) is -4.52. The van der Waals surface area contributed by atoms with Gasteiger partial charge in [-0.25, -0.2) is 9.78 Å². The number of nitrogens with one attached hydrogen (secondary N) is 1. The Labute approximate surface area is 178 Å². The van der Waals surface area contributed by atoms with Gasteiger partial charge >= 0.3 is 12.1 Å². The van der Waals surface area contributed by atoms with E-state index in [-0.39, 0.29) is 22.8 Å². The topological polar surface area (TPSA) is 119 Å². The Balaban J connectivity index is 1.66. The summed E-state index contributed by atoms with van der Waals surface area (Å²) in [6, 6.07) is 11.5. The van der Waals surface area contributed by atoms with Gasteiger partial charge in [-0.2, -0.15) is 18.0 Å². The fraction of sp³-hybridized carbons (Fsp3) is 0.150. The van der Waals surface area contributed by atoms with Gasteiger partial charge in [0.1, 0.15) is 23.7 Å². The Morgan fingerprint density at radius 2 is 1.97 bits per heavy atom. The third-order valence-electron chi connectivity index (χ3n) is 4.50. The molecule has 4 aromatic rings. The van der Waals surface area contributed by atoms with Crippen LogP contribution in [0.3, 0.4) is 0 Å². The highest BCUT2D eigenvalue weighted by molar-refractivity contribution is 6.16. The minimum atomic E-state index is -4.52. The van der Waals surface area contributed by atoms with Crippen molar-refractivity contribution in [3.63, 3.8) is 0 Å². The maximum Gasteiger partial charge on any atom is 0.416 e. The number of hydrogen-bond donors (Lipinski definition) is 2. The summed E-state index contributed by atoms with van der Waals surface area (Å²) in [6.45, 7) is -0.395. The second kappa shape index (κ2) is 8.13. The smallest absolute Gasteiger partial charge is 0.416 e. The lowest BCUT2D eigenvalue weighted by Gasteiger charge is -2.07. The number of esters is 1. The molecule has 0 aliphatic carbocycles. The number of carbonyl (C=O) groups is 1. The van der Waals surface area contributed by atoms with E-state index in [9.17, 15) is 23.1 Å². The molecule has 2 aromatic heterocycles. The maximum absolute atomic E-state index is 12.9. The number of aliphatic hydroxyl groups excluding tert-OH is 1. The fourth-order valence-electron chi connectivity index (χ4n) is 3.00. The van der Waals surface area contributed by atoms with Gasteiger partial charge in [-0.3, -0.25) is 0 Å². The molecular formula is C20H15F3N6O3. The van der Waals surface area contributed by atoms with Crippen molar-refractivity contribution in [2.45, 2.75) is 12.7 Å². The molecule has 0 fully saturated rings. The zero-order valence-electron chi connectivity index (χ0n) is 16.5. The van der Waals surface area contributed by atoms with E-state index >= 15 is 0 Å². The molecule has 2 N–H and O–H groups in total. The number of aromatic nitrogens is 6. The molecular weight excluding hydrogens is 429 g/mol. The van der Waals surface area contributed by atoms with Crippen molar-refractivity contribution < 1.29 is 27.8 Å². The summed E-state index contributed by atoms with van der Waals surface area (Å²) >= 11 is 0. The number of imidazole rings is 1. The molecule has 2 aromatic carbocycles. The van der Waals surface area contributed by atoms with Gasteiger partial charge in [0.25, 0.3) is 0 Å². The summed E-state index contributed by atoms with van der Waals surface area (Å²) in [7, 11) is 1.15. The van der Waals surface area contributed by atoms with Crippen molar-refractivity contribution in [2.75, 3.05) is 7.11 Å². The van der Waals surface area contributed by atoms with Crippen LogP contribution in [0.15, 0.2) is 54.3 Å². The van der Waals surface area contributed by atoms with E-state index in [4.69, 9.17) is 4.74 Å². The van der Waals surface area contributed by atoms with Crippen LogP contribution < -0.4 is 0 Å². The number of benzene rings is 2. The number of aromatic amines is 1. The highest BCUT2D eigenvalue weighted by atomic mass is 19.4. The molecule has 0 unspecified atom stereocenters. The average Bonchev–Trinajstić information content (AvgIpc) is 3.40. The molecule has 0 spiro atoms. The summed E-state index contributed by atoms with van der Waals surface area (Å²) in [5.41, 5.74) is 0.221. The van der Waals surface area contributed by atoms with Crippen molar-refractivity contribution in [1.29, 1.82) is 0 Å². The standard InChI is InChI=1S/C20H15F3N6O3/c1-32-19(31)16(18-24-13-7-2-3-8-14(13)25-18)15(30)10-29-27-17(26-28-29)11-5-4-6-12(9-11)20(21,22)23/h2-9,30H,10H2,1H3,(H,24,25)/b16-15+. The van der Waals surface area contributed by atoms with E-state index < -0.39 is 30.0 Å². The Hall–Kier alpha value is -4.22. The number of hydrogen-bond acceptors (Lipinski definition) is 7.